The number of fused-ring (bicyclic) bond motifs is 1. The number of esters is 1. The molecule has 0 saturated heterocycles. The molecule has 4 bridgehead atoms. The van der Waals surface area contributed by atoms with E-state index in [2.05, 4.69) is 60.7 Å². The van der Waals surface area contributed by atoms with Crippen LogP contribution in [0.1, 0.15) is 60.0 Å². The molecule has 4 aliphatic carbocycles. The summed E-state index contributed by atoms with van der Waals surface area (Å²) in [6, 6.07) is 29.6. The van der Waals surface area contributed by atoms with Gasteiger partial charge in [0, 0.05) is 5.56 Å². The van der Waals surface area contributed by atoms with Crippen molar-refractivity contribution in [3.63, 3.8) is 0 Å². The molecule has 3 nitrogen and oxygen atoms in total. The van der Waals surface area contributed by atoms with Gasteiger partial charge in [0.15, 0.2) is 0 Å². The van der Waals surface area contributed by atoms with Gasteiger partial charge in [-0.05, 0) is 119 Å². The molecule has 0 unspecified atom stereocenters. The molecule has 0 atom stereocenters. The number of hydrogen-bond donors (Lipinski definition) is 0. The Balaban J connectivity index is 1.29. The van der Waals surface area contributed by atoms with Gasteiger partial charge in [-0.25, -0.2) is 4.79 Å². The minimum atomic E-state index is -0.307. The topological polar surface area (TPSA) is 35.5 Å². The molecule has 4 aliphatic rings. The maximum atomic E-state index is 11.9. The van der Waals surface area contributed by atoms with Gasteiger partial charge in [-0.3, -0.25) is 0 Å². The van der Waals surface area contributed by atoms with Gasteiger partial charge in [-0.1, -0.05) is 54.6 Å². The number of benzene rings is 4. The second-order valence-electron chi connectivity index (χ2n) is 12.0. The van der Waals surface area contributed by atoms with Gasteiger partial charge in [0.25, 0.3) is 0 Å². The van der Waals surface area contributed by atoms with Crippen molar-refractivity contribution in [1.29, 1.82) is 0 Å². The average molecular weight is 503 g/mol. The molecule has 8 rings (SSSR count). The van der Waals surface area contributed by atoms with E-state index in [-0.39, 0.29) is 11.4 Å². The van der Waals surface area contributed by atoms with Crippen LogP contribution in [0.4, 0.5) is 0 Å². The van der Waals surface area contributed by atoms with E-state index < -0.39 is 0 Å². The van der Waals surface area contributed by atoms with Crippen LogP contribution < -0.4 is 4.74 Å². The van der Waals surface area contributed by atoms with Gasteiger partial charge in [0.2, 0.25) is 0 Å². The lowest BCUT2D eigenvalue weighted by atomic mass is 9.48. The fourth-order valence-electron chi connectivity index (χ4n) is 8.08. The second-order valence-corrected chi connectivity index (χ2v) is 12.0. The molecule has 0 heterocycles. The van der Waals surface area contributed by atoms with Crippen molar-refractivity contribution in [3.05, 3.63) is 102 Å². The fourth-order valence-corrected chi connectivity index (χ4v) is 8.08. The zero-order chi connectivity index (χ0) is 25.7. The van der Waals surface area contributed by atoms with E-state index in [9.17, 15) is 4.79 Å². The van der Waals surface area contributed by atoms with E-state index in [4.69, 9.17) is 9.47 Å². The van der Waals surface area contributed by atoms with Crippen molar-refractivity contribution in [1.82, 2.24) is 0 Å². The number of carbonyl (C=O) groups is 1. The normalized spacial score (nSPS) is 25.4. The Kier molecular flexibility index (Phi) is 5.76. The molecule has 0 amide bonds. The lowest BCUT2D eigenvalue weighted by molar-refractivity contribution is -0.00640. The number of carbonyl (C=O) groups excluding carboxylic acids is 1. The molecular formula is C35H34O3. The molecule has 4 fully saturated rings. The maximum Gasteiger partial charge on any atom is 0.337 e. The first-order valence-electron chi connectivity index (χ1n) is 14.0. The summed E-state index contributed by atoms with van der Waals surface area (Å²) in [5.41, 5.74) is 5.70. The summed E-state index contributed by atoms with van der Waals surface area (Å²) >= 11 is 0. The Hall–Kier alpha value is -3.59. The first-order valence-corrected chi connectivity index (χ1v) is 14.0. The van der Waals surface area contributed by atoms with Gasteiger partial charge in [0.05, 0.1) is 12.7 Å². The highest BCUT2D eigenvalue weighted by atomic mass is 16.5. The minimum absolute atomic E-state index is 0.243. The highest BCUT2D eigenvalue weighted by Crippen LogP contribution is 2.62. The summed E-state index contributed by atoms with van der Waals surface area (Å²) < 4.78 is 11.5. The van der Waals surface area contributed by atoms with Gasteiger partial charge in [-0.2, -0.15) is 0 Å². The van der Waals surface area contributed by atoms with E-state index in [0.29, 0.717) is 12.2 Å². The second kappa shape index (κ2) is 9.31. The van der Waals surface area contributed by atoms with Crippen LogP contribution in [0.25, 0.3) is 21.9 Å². The highest BCUT2D eigenvalue weighted by Gasteiger charge is 2.52. The van der Waals surface area contributed by atoms with E-state index in [1.54, 1.807) is 0 Å². The number of methoxy groups -OCH3 is 1. The number of ether oxygens (including phenoxy) is 2. The average Bonchev–Trinajstić information content (AvgIpc) is 2.95. The standard InChI is InChI=1S/C35H34O3/c1-37-34(36)28-9-7-27(8-10-28)29-11-12-30-18-33(38-22-23-5-3-2-4-6-23)32(17-31(30)16-29)35-19-24-13-25(20-35)15-26(14-24)21-35/h2-12,16-18,24-26H,13-15,19-22H2,1H3. The Morgan fingerprint density at radius 2 is 1.42 bits per heavy atom. The van der Waals surface area contributed by atoms with Crippen LogP contribution >= 0.6 is 0 Å². The predicted molar refractivity (Wildman–Crippen MR) is 151 cm³/mol. The number of hydrogen-bond acceptors (Lipinski definition) is 3. The summed E-state index contributed by atoms with van der Waals surface area (Å²) in [6.07, 6.45) is 8.21. The van der Waals surface area contributed by atoms with E-state index in [0.717, 1.165) is 34.6 Å². The van der Waals surface area contributed by atoms with Crippen LogP contribution in [0.15, 0.2) is 84.9 Å². The van der Waals surface area contributed by atoms with Crippen molar-refractivity contribution < 1.29 is 14.3 Å². The third-order valence-corrected chi connectivity index (χ3v) is 9.42. The monoisotopic (exact) mass is 502 g/mol. The van der Waals surface area contributed by atoms with Gasteiger partial charge in [-0.15, -0.1) is 0 Å². The third kappa shape index (κ3) is 4.18. The Bertz CT molecular complexity index is 1450. The van der Waals surface area contributed by atoms with Crippen LogP contribution in [-0.2, 0) is 16.8 Å². The van der Waals surface area contributed by atoms with Gasteiger partial charge in [0.1, 0.15) is 12.4 Å². The lowest BCUT2D eigenvalue weighted by Crippen LogP contribution is -2.48. The molecule has 192 valence electrons. The lowest BCUT2D eigenvalue weighted by Gasteiger charge is -2.57. The molecule has 0 aliphatic heterocycles. The van der Waals surface area contributed by atoms with E-state index in [1.165, 1.54) is 67.5 Å². The SMILES string of the molecule is COC(=O)c1ccc(-c2ccc3cc(OCc4ccccc4)c(C45CC6CC(CC(C6)C4)C5)cc3c2)cc1. The van der Waals surface area contributed by atoms with Crippen LogP contribution in [0.5, 0.6) is 5.75 Å². The molecule has 0 N–H and O–H groups in total. The van der Waals surface area contributed by atoms with Crippen molar-refractivity contribution in [3.8, 4) is 16.9 Å². The summed E-state index contributed by atoms with van der Waals surface area (Å²) in [5.74, 6) is 3.38. The quantitative estimate of drug-likeness (QED) is 0.249. The highest BCUT2D eigenvalue weighted by molar-refractivity contribution is 5.92. The Morgan fingerprint density at radius 1 is 0.763 bits per heavy atom. The van der Waals surface area contributed by atoms with Crippen molar-refractivity contribution >= 4 is 16.7 Å². The fraction of sp³-hybridized carbons (Fsp3) is 0.343. The summed E-state index contributed by atoms with van der Waals surface area (Å²) in [4.78, 5) is 11.9. The number of rotatable bonds is 6. The summed E-state index contributed by atoms with van der Waals surface area (Å²) in [7, 11) is 1.42. The molecule has 0 spiro atoms. The zero-order valence-corrected chi connectivity index (χ0v) is 22.0. The summed E-state index contributed by atoms with van der Waals surface area (Å²) in [6.45, 7) is 0.594. The van der Waals surface area contributed by atoms with Crippen LogP contribution in [0.3, 0.4) is 0 Å². The molecule has 0 aromatic heterocycles. The zero-order valence-electron chi connectivity index (χ0n) is 22.0. The molecule has 4 aromatic carbocycles. The first-order chi connectivity index (χ1) is 18.6. The van der Waals surface area contributed by atoms with Gasteiger partial charge < -0.3 is 9.47 Å². The van der Waals surface area contributed by atoms with Crippen molar-refractivity contribution in [2.75, 3.05) is 7.11 Å². The predicted octanol–water partition coefficient (Wildman–Crippen LogP) is 8.34. The van der Waals surface area contributed by atoms with Crippen LogP contribution in [0.2, 0.25) is 0 Å². The van der Waals surface area contributed by atoms with E-state index >= 15 is 0 Å². The molecule has 0 radical (unpaired) electrons. The van der Waals surface area contributed by atoms with Crippen molar-refractivity contribution in [2.24, 2.45) is 17.8 Å². The molecule has 4 saturated carbocycles. The Morgan fingerprint density at radius 3 is 2.08 bits per heavy atom. The van der Waals surface area contributed by atoms with Crippen molar-refractivity contribution in [2.45, 2.75) is 50.5 Å². The molecule has 38 heavy (non-hydrogen) atoms. The summed E-state index contributed by atoms with van der Waals surface area (Å²) in [5, 5.41) is 2.47. The molecule has 4 aromatic rings. The molecule has 3 heteroatoms. The maximum absolute atomic E-state index is 11.9. The minimum Gasteiger partial charge on any atom is -0.489 e. The van der Waals surface area contributed by atoms with Crippen LogP contribution in [-0.4, -0.2) is 13.1 Å². The Labute approximate surface area is 224 Å². The van der Waals surface area contributed by atoms with E-state index in [1.807, 2.05) is 24.3 Å². The molecular weight excluding hydrogens is 468 g/mol. The first kappa shape index (κ1) is 23.5. The largest absolute Gasteiger partial charge is 0.489 e. The van der Waals surface area contributed by atoms with Gasteiger partial charge >= 0.3 is 5.97 Å². The smallest absolute Gasteiger partial charge is 0.337 e. The van der Waals surface area contributed by atoms with Crippen LogP contribution in [0, 0.1) is 17.8 Å². The third-order valence-electron chi connectivity index (χ3n) is 9.42.